The lowest BCUT2D eigenvalue weighted by atomic mass is 10.1. The number of hydrogen-bond donors (Lipinski definition) is 1. The Morgan fingerprint density at radius 2 is 2.06 bits per heavy atom. The van der Waals surface area contributed by atoms with Crippen molar-refractivity contribution >= 4 is 17.4 Å². The largest absolute Gasteiger partial charge is 0.383 e. The summed E-state index contributed by atoms with van der Waals surface area (Å²) in [6, 6.07) is 7.60. The Balaban J connectivity index is 2.41. The van der Waals surface area contributed by atoms with Crippen LogP contribution in [-0.2, 0) is 6.54 Å². The molecular weight excluding hydrogens is 234 g/mol. The summed E-state index contributed by atoms with van der Waals surface area (Å²) in [7, 11) is 0. The van der Waals surface area contributed by atoms with E-state index < -0.39 is 0 Å². The molecule has 1 aromatic carbocycles. The van der Waals surface area contributed by atoms with Crippen LogP contribution < -0.4 is 5.73 Å². The maximum atomic E-state index is 6.14. The van der Waals surface area contributed by atoms with Gasteiger partial charge in [0, 0.05) is 12.1 Å². The number of nitrogen functional groups attached to an aromatic ring is 1. The SMILES string of the molecule is CC(C)Cn1cnc(-c2ccccc2Cl)c1N. The molecule has 0 aliphatic carbocycles. The first-order valence-corrected chi connectivity index (χ1v) is 6.03. The highest BCUT2D eigenvalue weighted by Gasteiger charge is 2.12. The highest BCUT2D eigenvalue weighted by atomic mass is 35.5. The minimum Gasteiger partial charge on any atom is -0.383 e. The van der Waals surface area contributed by atoms with Crippen LogP contribution in [0.15, 0.2) is 30.6 Å². The number of halogens is 1. The normalized spacial score (nSPS) is 11.1. The molecule has 0 bridgehead atoms. The first-order valence-electron chi connectivity index (χ1n) is 5.65. The molecule has 0 aliphatic rings. The summed E-state index contributed by atoms with van der Waals surface area (Å²) >= 11 is 6.14. The first kappa shape index (κ1) is 12.0. The molecule has 0 radical (unpaired) electrons. The Bertz CT molecular complexity index is 517. The van der Waals surface area contributed by atoms with Crippen LogP contribution in [0.25, 0.3) is 11.3 Å². The van der Waals surface area contributed by atoms with E-state index in [4.69, 9.17) is 17.3 Å². The number of imidazole rings is 1. The van der Waals surface area contributed by atoms with Gasteiger partial charge in [0.25, 0.3) is 0 Å². The Kier molecular flexibility index (Phi) is 3.38. The fourth-order valence-corrected chi connectivity index (χ4v) is 2.02. The van der Waals surface area contributed by atoms with Gasteiger partial charge in [-0.15, -0.1) is 0 Å². The van der Waals surface area contributed by atoms with Gasteiger partial charge in [-0.3, -0.25) is 0 Å². The summed E-state index contributed by atoms with van der Waals surface area (Å²) in [5.74, 6) is 1.21. The molecule has 4 heteroatoms. The minimum absolute atomic E-state index is 0.533. The third-order valence-electron chi connectivity index (χ3n) is 2.57. The molecule has 3 nitrogen and oxygen atoms in total. The minimum atomic E-state index is 0.533. The van der Waals surface area contributed by atoms with Gasteiger partial charge in [-0.2, -0.15) is 0 Å². The van der Waals surface area contributed by atoms with Gasteiger partial charge in [0.2, 0.25) is 0 Å². The second-order valence-corrected chi connectivity index (χ2v) is 4.91. The lowest BCUT2D eigenvalue weighted by Gasteiger charge is -2.08. The monoisotopic (exact) mass is 249 g/mol. The van der Waals surface area contributed by atoms with Crippen LogP contribution in [0.4, 0.5) is 5.82 Å². The van der Waals surface area contributed by atoms with Crippen molar-refractivity contribution in [2.75, 3.05) is 5.73 Å². The van der Waals surface area contributed by atoms with Crippen LogP contribution in [-0.4, -0.2) is 9.55 Å². The van der Waals surface area contributed by atoms with Crippen molar-refractivity contribution in [3.05, 3.63) is 35.6 Å². The summed E-state index contributed by atoms with van der Waals surface area (Å²) in [5, 5.41) is 0.675. The Hall–Kier alpha value is -1.48. The zero-order chi connectivity index (χ0) is 12.4. The second kappa shape index (κ2) is 4.80. The average molecular weight is 250 g/mol. The van der Waals surface area contributed by atoms with Gasteiger partial charge in [-0.25, -0.2) is 4.98 Å². The van der Waals surface area contributed by atoms with E-state index in [9.17, 15) is 0 Å². The van der Waals surface area contributed by atoms with Crippen LogP contribution in [0.2, 0.25) is 5.02 Å². The van der Waals surface area contributed by atoms with E-state index >= 15 is 0 Å². The number of nitrogens with two attached hydrogens (primary N) is 1. The molecule has 17 heavy (non-hydrogen) atoms. The molecule has 2 aromatic rings. The average Bonchev–Trinajstić information content (AvgIpc) is 2.61. The fourth-order valence-electron chi connectivity index (χ4n) is 1.79. The van der Waals surface area contributed by atoms with Gasteiger partial charge >= 0.3 is 0 Å². The number of hydrogen-bond acceptors (Lipinski definition) is 2. The molecule has 0 atom stereocenters. The molecule has 0 fully saturated rings. The highest BCUT2D eigenvalue weighted by Crippen LogP contribution is 2.30. The topological polar surface area (TPSA) is 43.8 Å². The van der Waals surface area contributed by atoms with Crippen molar-refractivity contribution in [2.24, 2.45) is 5.92 Å². The van der Waals surface area contributed by atoms with E-state index in [1.54, 1.807) is 6.33 Å². The quantitative estimate of drug-likeness (QED) is 0.906. The third-order valence-corrected chi connectivity index (χ3v) is 2.90. The Labute approximate surface area is 106 Å². The molecule has 0 amide bonds. The number of nitrogens with zero attached hydrogens (tertiary/aromatic N) is 2. The Morgan fingerprint density at radius 1 is 1.35 bits per heavy atom. The summed E-state index contributed by atoms with van der Waals surface area (Å²) < 4.78 is 1.96. The Morgan fingerprint density at radius 3 is 2.71 bits per heavy atom. The van der Waals surface area contributed by atoms with E-state index in [-0.39, 0.29) is 0 Å². The van der Waals surface area contributed by atoms with Gasteiger partial charge in [0.1, 0.15) is 11.5 Å². The van der Waals surface area contributed by atoms with Crippen molar-refractivity contribution in [1.82, 2.24) is 9.55 Å². The zero-order valence-electron chi connectivity index (χ0n) is 10.0. The van der Waals surface area contributed by atoms with Crippen LogP contribution in [0.1, 0.15) is 13.8 Å². The molecule has 0 saturated carbocycles. The molecule has 0 unspecified atom stereocenters. The maximum Gasteiger partial charge on any atom is 0.131 e. The van der Waals surface area contributed by atoms with Gasteiger partial charge in [-0.05, 0) is 12.0 Å². The van der Waals surface area contributed by atoms with Crippen molar-refractivity contribution in [2.45, 2.75) is 20.4 Å². The smallest absolute Gasteiger partial charge is 0.131 e. The second-order valence-electron chi connectivity index (χ2n) is 4.50. The maximum absolute atomic E-state index is 6.14. The van der Waals surface area contributed by atoms with Crippen LogP contribution in [0.3, 0.4) is 0 Å². The molecule has 2 rings (SSSR count). The van der Waals surface area contributed by atoms with Gasteiger partial charge in [0.15, 0.2) is 0 Å². The van der Waals surface area contributed by atoms with E-state index in [1.165, 1.54) is 0 Å². The van der Waals surface area contributed by atoms with E-state index in [0.29, 0.717) is 16.8 Å². The molecule has 0 saturated heterocycles. The lowest BCUT2D eigenvalue weighted by Crippen LogP contribution is -2.06. The summed E-state index contributed by atoms with van der Waals surface area (Å²) in [4.78, 5) is 4.35. The predicted octanol–water partition coefficient (Wildman–Crippen LogP) is 3.44. The number of aromatic nitrogens is 2. The van der Waals surface area contributed by atoms with E-state index in [1.807, 2.05) is 28.8 Å². The first-order chi connectivity index (χ1) is 8.09. The van der Waals surface area contributed by atoms with Crippen molar-refractivity contribution in [3.8, 4) is 11.3 Å². The number of benzene rings is 1. The molecular formula is C13H16ClN3. The standard InChI is InChI=1S/C13H16ClN3/c1-9(2)7-17-8-16-12(13(17)15)10-5-3-4-6-11(10)14/h3-6,8-9H,7,15H2,1-2H3. The number of rotatable bonds is 3. The molecule has 0 aliphatic heterocycles. The summed E-state index contributed by atoms with van der Waals surface area (Å²) in [6.07, 6.45) is 1.77. The summed E-state index contributed by atoms with van der Waals surface area (Å²) in [6.45, 7) is 5.16. The van der Waals surface area contributed by atoms with Crippen molar-refractivity contribution in [1.29, 1.82) is 0 Å². The predicted molar refractivity (Wildman–Crippen MR) is 71.9 cm³/mol. The van der Waals surface area contributed by atoms with Gasteiger partial charge in [-0.1, -0.05) is 43.6 Å². The zero-order valence-corrected chi connectivity index (χ0v) is 10.8. The molecule has 0 spiro atoms. The van der Waals surface area contributed by atoms with Gasteiger partial charge < -0.3 is 10.3 Å². The highest BCUT2D eigenvalue weighted by molar-refractivity contribution is 6.33. The molecule has 2 N–H and O–H groups in total. The third kappa shape index (κ3) is 2.44. The summed E-state index contributed by atoms with van der Waals surface area (Å²) in [5.41, 5.74) is 7.74. The van der Waals surface area contributed by atoms with E-state index in [2.05, 4.69) is 18.8 Å². The molecule has 1 aromatic heterocycles. The van der Waals surface area contributed by atoms with Crippen LogP contribution in [0.5, 0.6) is 0 Å². The lowest BCUT2D eigenvalue weighted by molar-refractivity contribution is 0.527. The fraction of sp³-hybridized carbons (Fsp3) is 0.308. The van der Waals surface area contributed by atoms with Crippen LogP contribution >= 0.6 is 11.6 Å². The van der Waals surface area contributed by atoms with Crippen LogP contribution in [0, 0.1) is 5.92 Å². The van der Waals surface area contributed by atoms with Crippen molar-refractivity contribution < 1.29 is 0 Å². The molecule has 90 valence electrons. The number of anilines is 1. The van der Waals surface area contributed by atoms with Gasteiger partial charge in [0.05, 0.1) is 11.3 Å². The molecule has 1 heterocycles. The van der Waals surface area contributed by atoms with Crippen molar-refractivity contribution in [3.63, 3.8) is 0 Å². The van der Waals surface area contributed by atoms with E-state index in [0.717, 1.165) is 17.8 Å².